The summed E-state index contributed by atoms with van der Waals surface area (Å²) in [5.74, 6) is -2.70. The maximum atomic E-state index is 12.9. The molecule has 2 amide bonds. The SMILES string of the molecule is C/C(Cl)=C/CON1C(=O)[C@@H]2[C@H]3O[C@@H]([C@@H]2C1=O)[C@@H]1[C@H]3[C@@]2(Cl)C[C@@]1(Cl)C(Cl)=C2Cl. The van der Waals surface area contributed by atoms with Crippen molar-refractivity contribution in [3.8, 4) is 0 Å². The number of hydrogen-bond donors (Lipinski definition) is 0. The summed E-state index contributed by atoms with van der Waals surface area (Å²) >= 11 is 32.3. The first-order valence-electron chi connectivity index (χ1n) is 8.55. The van der Waals surface area contributed by atoms with Crippen molar-refractivity contribution in [2.75, 3.05) is 6.61 Å². The van der Waals surface area contributed by atoms with Gasteiger partial charge in [0.25, 0.3) is 11.8 Å². The second kappa shape index (κ2) is 5.78. The van der Waals surface area contributed by atoms with E-state index in [1.165, 1.54) is 0 Å². The summed E-state index contributed by atoms with van der Waals surface area (Å²) in [6, 6.07) is 0. The fourth-order valence-corrected chi connectivity index (χ4v) is 7.70. The molecular weight excluding hydrogens is 459 g/mol. The average Bonchev–Trinajstić information content (AvgIpc) is 3.32. The monoisotopic (exact) mass is 471 g/mol. The number of allylic oxidation sites excluding steroid dienone is 3. The molecule has 5 rings (SSSR count). The predicted octanol–water partition coefficient (Wildman–Crippen LogP) is 3.74. The molecule has 2 aliphatic carbocycles. The molecule has 146 valence electrons. The van der Waals surface area contributed by atoms with Crippen molar-refractivity contribution in [1.29, 1.82) is 0 Å². The number of fused-ring (bicyclic) bond motifs is 12. The molecule has 3 saturated heterocycles. The molecule has 3 heterocycles. The summed E-state index contributed by atoms with van der Waals surface area (Å²) < 4.78 is 6.08. The lowest BCUT2D eigenvalue weighted by molar-refractivity contribution is -0.189. The molecule has 0 aromatic rings. The van der Waals surface area contributed by atoms with Gasteiger partial charge in [-0.1, -0.05) is 34.8 Å². The Morgan fingerprint density at radius 2 is 1.63 bits per heavy atom. The third-order valence-electron chi connectivity index (χ3n) is 6.54. The average molecular weight is 474 g/mol. The lowest BCUT2D eigenvalue weighted by Gasteiger charge is -2.40. The molecule has 0 radical (unpaired) electrons. The fraction of sp³-hybridized carbons (Fsp3) is 0.647. The molecule has 0 spiro atoms. The standard InChI is InChI=1S/C17H14Cl5NO4/c1-5(18)2-3-26-23-14(24)6-7(15(23)25)11-9-8(10(6)27-11)16(21)4-17(9,22)13(20)12(16)19/h2,6-11H,3-4H2,1H3/b5-2-/t6-,7+,8+,9-,10+,11-,16-,17-/m0/s1. The van der Waals surface area contributed by atoms with Crippen molar-refractivity contribution >= 4 is 69.8 Å². The van der Waals surface area contributed by atoms with Gasteiger partial charge in [0.1, 0.15) is 0 Å². The Kier molecular flexibility index (Phi) is 4.06. The highest BCUT2D eigenvalue weighted by Crippen LogP contribution is 2.75. The van der Waals surface area contributed by atoms with E-state index >= 15 is 0 Å². The van der Waals surface area contributed by atoms with Gasteiger partial charge in [0.15, 0.2) is 0 Å². The maximum absolute atomic E-state index is 12.9. The van der Waals surface area contributed by atoms with Crippen LogP contribution in [0.5, 0.6) is 0 Å². The topological polar surface area (TPSA) is 55.8 Å². The lowest BCUT2D eigenvalue weighted by atomic mass is 9.65. The third kappa shape index (κ3) is 2.12. The normalized spacial score (nSPS) is 50.3. The summed E-state index contributed by atoms with van der Waals surface area (Å²) in [6.45, 7) is 1.70. The van der Waals surface area contributed by atoms with Crippen LogP contribution in [-0.4, -0.2) is 45.4 Å². The quantitative estimate of drug-likeness (QED) is 0.463. The smallest absolute Gasteiger partial charge is 0.260 e. The van der Waals surface area contributed by atoms with Crippen molar-refractivity contribution in [2.45, 2.75) is 35.3 Å². The molecule has 0 aromatic carbocycles. The number of rotatable bonds is 3. The molecule has 8 atom stereocenters. The summed E-state index contributed by atoms with van der Waals surface area (Å²) in [5, 5.41) is 1.98. The fourth-order valence-electron chi connectivity index (χ4n) is 5.62. The van der Waals surface area contributed by atoms with E-state index in [0.717, 1.165) is 5.06 Å². The Labute approximate surface area is 180 Å². The van der Waals surface area contributed by atoms with Crippen molar-refractivity contribution in [1.82, 2.24) is 5.06 Å². The van der Waals surface area contributed by atoms with Crippen molar-refractivity contribution in [2.24, 2.45) is 23.7 Å². The van der Waals surface area contributed by atoms with E-state index in [9.17, 15) is 9.59 Å². The molecule has 27 heavy (non-hydrogen) atoms. The molecule has 0 unspecified atom stereocenters. The Balaban J connectivity index is 1.49. The van der Waals surface area contributed by atoms with Gasteiger partial charge in [0.2, 0.25) is 0 Å². The van der Waals surface area contributed by atoms with Crippen LogP contribution in [0.3, 0.4) is 0 Å². The highest BCUT2D eigenvalue weighted by Gasteiger charge is 2.82. The molecule has 1 saturated carbocycles. The van der Waals surface area contributed by atoms with Crippen LogP contribution in [0.2, 0.25) is 0 Å². The van der Waals surface area contributed by atoms with Gasteiger partial charge in [0.05, 0.1) is 50.5 Å². The van der Waals surface area contributed by atoms with Crippen LogP contribution < -0.4 is 0 Å². The van der Waals surface area contributed by atoms with Gasteiger partial charge in [-0.2, -0.15) is 5.06 Å². The molecule has 5 nitrogen and oxygen atoms in total. The number of halogens is 5. The van der Waals surface area contributed by atoms with E-state index in [4.69, 9.17) is 67.6 Å². The summed E-state index contributed by atoms with van der Waals surface area (Å²) in [5.41, 5.74) is 0. The minimum atomic E-state index is -0.967. The Morgan fingerprint density at radius 1 is 1.15 bits per heavy atom. The van der Waals surface area contributed by atoms with Gasteiger partial charge in [-0.3, -0.25) is 14.4 Å². The number of amides is 2. The zero-order valence-electron chi connectivity index (χ0n) is 13.9. The molecule has 3 aliphatic heterocycles. The Bertz CT molecular complexity index is 787. The van der Waals surface area contributed by atoms with Crippen LogP contribution in [0.25, 0.3) is 0 Å². The maximum Gasteiger partial charge on any atom is 0.260 e. The number of ether oxygens (including phenoxy) is 1. The van der Waals surface area contributed by atoms with Crippen LogP contribution in [0.4, 0.5) is 0 Å². The first-order valence-corrected chi connectivity index (χ1v) is 10.4. The van der Waals surface area contributed by atoms with E-state index in [1.54, 1.807) is 13.0 Å². The number of hydroxylamine groups is 2. The van der Waals surface area contributed by atoms with Gasteiger partial charge in [-0.05, 0) is 19.4 Å². The van der Waals surface area contributed by atoms with Gasteiger partial charge >= 0.3 is 0 Å². The Hall–Kier alpha value is -0.0100. The highest BCUT2D eigenvalue weighted by molar-refractivity contribution is 6.51. The summed E-state index contributed by atoms with van der Waals surface area (Å²) in [4.78, 5) is 29.2. The predicted molar refractivity (Wildman–Crippen MR) is 101 cm³/mol. The zero-order chi connectivity index (χ0) is 19.5. The van der Waals surface area contributed by atoms with Crippen molar-refractivity contribution in [3.63, 3.8) is 0 Å². The van der Waals surface area contributed by atoms with Gasteiger partial charge < -0.3 is 4.74 Å². The molecule has 4 fully saturated rings. The number of imide groups is 1. The minimum Gasteiger partial charge on any atom is -0.373 e. The van der Waals surface area contributed by atoms with Crippen LogP contribution >= 0.6 is 58.0 Å². The van der Waals surface area contributed by atoms with E-state index < -0.39 is 45.6 Å². The van der Waals surface area contributed by atoms with Gasteiger partial charge in [-0.15, -0.1) is 23.2 Å². The summed E-state index contributed by atoms with van der Waals surface area (Å²) in [7, 11) is 0. The third-order valence-corrected chi connectivity index (χ3v) is 9.18. The first kappa shape index (κ1) is 19.0. The van der Waals surface area contributed by atoms with E-state index in [2.05, 4.69) is 0 Å². The zero-order valence-corrected chi connectivity index (χ0v) is 17.7. The van der Waals surface area contributed by atoms with E-state index in [1.807, 2.05) is 0 Å². The van der Waals surface area contributed by atoms with E-state index in [-0.39, 0.29) is 18.4 Å². The second-order valence-electron chi connectivity index (χ2n) is 7.76. The minimum absolute atomic E-state index is 0.0212. The molecule has 5 aliphatic rings. The van der Waals surface area contributed by atoms with Crippen LogP contribution in [0, 0.1) is 23.7 Å². The van der Waals surface area contributed by atoms with Gasteiger partial charge in [-0.25, -0.2) is 0 Å². The van der Waals surface area contributed by atoms with Gasteiger partial charge in [0, 0.05) is 16.9 Å². The largest absolute Gasteiger partial charge is 0.373 e. The number of hydrogen-bond acceptors (Lipinski definition) is 4. The van der Waals surface area contributed by atoms with E-state index in [0.29, 0.717) is 21.5 Å². The second-order valence-corrected chi connectivity index (χ2v) is 10.5. The van der Waals surface area contributed by atoms with Crippen LogP contribution in [0.1, 0.15) is 13.3 Å². The highest BCUT2D eigenvalue weighted by atomic mass is 35.5. The molecule has 0 aromatic heterocycles. The van der Waals surface area contributed by atoms with Crippen LogP contribution in [-0.2, 0) is 19.2 Å². The summed E-state index contributed by atoms with van der Waals surface area (Å²) in [6.07, 6.45) is 0.851. The van der Waals surface area contributed by atoms with Crippen LogP contribution in [0.15, 0.2) is 21.2 Å². The first-order chi connectivity index (χ1) is 12.6. The number of carbonyl (C=O) groups is 2. The van der Waals surface area contributed by atoms with Crippen molar-refractivity contribution < 1.29 is 19.2 Å². The number of carbonyl (C=O) groups excluding carboxylic acids is 2. The van der Waals surface area contributed by atoms with Crippen molar-refractivity contribution in [3.05, 3.63) is 21.2 Å². The Morgan fingerprint density at radius 3 is 2.07 bits per heavy atom. The molecule has 4 bridgehead atoms. The lowest BCUT2D eigenvalue weighted by Crippen LogP contribution is -2.50. The molecular formula is C17H14Cl5NO4. The number of nitrogens with zero attached hydrogens (tertiary/aromatic N) is 1. The number of alkyl halides is 2. The molecule has 10 heteroatoms. The molecule has 0 N–H and O–H groups in total.